The van der Waals surface area contributed by atoms with Crippen LogP contribution in [0.15, 0.2) is 41.1 Å². The summed E-state index contributed by atoms with van der Waals surface area (Å²) in [6.07, 6.45) is 0.833. The van der Waals surface area contributed by atoms with Crippen molar-refractivity contribution in [2.75, 3.05) is 11.9 Å². The van der Waals surface area contributed by atoms with E-state index in [9.17, 15) is 9.59 Å². The van der Waals surface area contributed by atoms with E-state index in [1.807, 2.05) is 22.9 Å². The number of hydrogen-bond donors (Lipinski definition) is 1. The molecule has 0 aliphatic heterocycles. The molecule has 1 aromatic heterocycles. The van der Waals surface area contributed by atoms with Crippen molar-refractivity contribution in [3.63, 3.8) is 0 Å². The molecule has 112 valence electrons. The van der Waals surface area contributed by atoms with Crippen LogP contribution in [0.2, 0.25) is 0 Å². The fourth-order valence-electron chi connectivity index (χ4n) is 1.78. The van der Waals surface area contributed by atoms with Crippen molar-refractivity contribution in [1.82, 2.24) is 0 Å². The maximum Gasteiger partial charge on any atom is 0.306 e. The summed E-state index contributed by atoms with van der Waals surface area (Å²) in [4.78, 5) is 23.3. The molecule has 0 fully saturated rings. The highest BCUT2D eigenvalue weighted by Gasteiger charge is 2.10. The van der Waals surface area contributed by atoms with Crippen LogP contribution in [0.25, 0.3) is 0 Å². The van der Waals surface area contributed by atoms with Gasteiger partial charge in [0.15, 0.2) is 6.61 Å². The van der Waals surface area contributed by atoms with Gasteiger partial charge < -0.3 is 10.1 Å². The predicted octanol–water partition coefficient (Wildman–Crippen LogP) is 2.73. The van der Waals surface area contributed by atoms with E-state index in [2.05, 4.69) is 5.32 Å². The van der Waals surface area contributed by atoms with Crippen LogP contribution in [0.3, 0.4) is 0 Å². The van der Waals surface area contributed by atoms with Gasteiger partial charge >= 0.3 is 5.97 Å². The molecule has 2 rings (SSSR count). The minimum atomic E-state index is -0.466. The number of rotatable bonds is 6. The van der Waals surface area contributed by atoms with E-state index in [4.69, 9.17) is 10.00 Å². The Morgan fingerprint density at radius 3 is 2.82 bits per heavy atom. The molecule has 0 bridgehead atoms. The van der Waals surface area contributed by atoms with Crippen LogP contribution < -0.4 is 5.32 Å². The third kappa shape index (κ3) is 4.72. The molecule has 0 saturated heterocycles. The third-order valence-electron chi connectivity index (χ3n) is 2.88. The van der Waals surface area contributed by atoms with Crippen molar-refractivity contribution >= 4 is 28.9 Å². The van der Waals surface area contributed by atoms with Gasteiger partial charge in [-0.3, -0.25) is 9.59 Å². The van der Waals surface area contributed by atoms with E-state index in [1.165, 1.54) is 0 Å². The Balaban J connectivity index is 1.75. The van der Waals surface area contributed by atoms with Gasteiger partial charge in [-0.15, -0.1) is 0 Å². The lowest BCUT2D eigenvalue weighted by atomic mass is 10.2. The van der Waals surface area contributed by atoms with Gasteiger partial charge in [-0.1, -0.05) is 12.1 Å². The van der Waals surface area contributed by atoms with E-state index in [-0.39, 0.29) is 13.0 Å². The summed E-state index contributed by atoms with van der Waals surface area (Å²) in [6.45, 7) is -0.359. The molecular formula is C16H14N2O3S. The van der Waals surface area contributed by atoms with Gasteiger partial charge in [0.2, 0.25) is 0 Å². The second-order valence-corrected chi connectivity index (χ2v) is 5.28. The van der Waals surface area contributed by atoms with Crippen molar-refractivity contribution in [1.29, 1.82) is 5.26 Å². The van der Waals surface area contributed by atoms with Crippen LogP contribution in [-0.2, 0) is 20.7 Å². The average Bonchev–Trinajstić information content (AvgIpc) is 3.05. The molecule has 1 amide bonds. The highest BCUT2D eigenvalue weighted by molar-refractivity contribution is 7.07. The van der Waals surface area contributed by atoms with E-state index < -0.39 is 11.9 Å². The molecule has 0 spiro atoms. The molecule has 0 radical (unpaired) electrons. The van der Waals surface area contributed by atoms with Gasteiger partial charge in [-0.2, -0.15) is 16.6 Å². The van der Waals surface area contributed by atoms with Crippen LogP contribution >= 0.6 is 11.3 Å². The van der Waals surface area contributed by atoms with Crippen molar-refractivity contribution in [2.45, 2.75) is 12.8 Å². The molecule has 6 heteroatoms. The molecule has 5 nitrogen and oxygen atoms in total. The lowest BCUT2D eigenvalue weighted by Gasteiger charge is -2.07. The smallest absolute Gasteiger partial charge is 0.306 e. The third-order valence-corrected chi connectivity index (χ3v) is 3.62. The number of anilines is 1. The molecule has 0 saturated carbocycles. The van der Waals surface area contributed by atoms with E-state index in [1.54, 1.807) is 35.6 Å². The Morgan fingerprint density at radius 1 is 1.27 bits per heavy atom. The summed E-state index contributed by atoms with van der Waals surface area (Å²) in [5.41, 5.74) is 1.85. The second kappa shape index (κ2) is 7.96. The fraction of sp³-hybridized carbons (Fsp3) is 0.188. The lowest BCUT2D eigenvalue weighted by Crippen LogP contribution is -2.21. The molecule has 1 heterocycles. The van der Waals surface area contributed by atoms with Crippen LogP contribution in [0.1, 0.15) is 17.5 Å². The van der Waals surface area contributed by atoms with Crippen molar-refractivity contribution in [3.05, 3.63) is 52.2 Å². The highest BCUT2D eigenvalue weighted by atomic mass is 32.1. The lowest BCUT2D eigenvalue weighted by molar-refractivity contribution is -0.147. The van der Waals surface area contributed by atoms with Gasteiger partial charge in [0, 0.05) is 6.42 Å². The van der Waals surface area contributed by atoms with Gasteiger partial charge in [-0.25, -0.2) is 0 Å². The molecule has 1 aromatic carbocycles. The molecule has 0 aliphatic rings. The Labute approximate surface area is 132 Å². The zero-order valence-electron chi connectivity index (χ0n) is 11.7. The zero-order chi connectivity index (χ0) is 15.8. The number of esters is 1. The summed E-state index contributed by atoms with van der Waals surface area (Å²) in [6, 6.07) is 10.6. The molecule has 0 atom stereocenters. The number of para-hydroxylation sites is 1. The summed E-state index contributed by atoms with van der Waals surface area (Å²) >= 11 is 1.57. The maximum atomic E-state index is 11.7. The number of aryl methyl sites for hydroxylation is 1. The molecule has 0 aliphatic carbocycles. The van der Waals surface area contributed by atoms with Crippen LogP contribution in [0.5, 0.6) is 0 Å². The summed E-state index contributed by atoms with van der Waals surface area (Å²) in [5, 5.41) is 15.4. The minimum Gasteiger partial charge on any atom is -0.456 e. The van der Waals surface area contributed by atoms with Crippen LogP contribution in [0.4, 0.5) is 5.69 Å². The maximum absolute atomic E-state index is 11.7. The fourth-order valence-corrected chi connectivity index (χ4v) is 2.48. The number of nitriles is 1. The predicted molar refractivity (Wildman–Crippen MR) is 83.4 cm³/mol. The Bertz CT molecular complexity index is 690. The Hall–Kier alpha value is -2.65. The minimum absolute atomic E-state index is 0.235. The standard InChI is InChI=1S/C16H14N2O3S/c17-9-13-3-1-2-4-14(13)18-15(19)10-21-16(20)6-5-12-7-8-22-11-12/h1-4,7-8,11H,5-6,10H2,(H,18,19). The SMILES string of the molecule is N#Cc1ccccc1NC(=O)COC(=O)CCc1ccsc1. The summed E-state index contributed by atoms with van der Waals surface area (Å²) in [5.74, 6) is -0.887. The zero-order valence-corrected chi connectivity index (χ0v) is 12.6. The van der Waals surface area contributed by atoms with Crippen molar-refractivity contribution in [3.8, 4) is 6.07 Å². The van der Waals surface area contributed by atoms with E-state index in [0.717, 1.165) is 5.56 Å². The normalized spacial score (nSPS) is 9.77. The number of nitrogens with one attached hydrogen (secondary N) is 1. The molecule has 22 heavy (non-hydrogen) atoms. The summed E-state index contributed by atoms with van der Waals surface area (Å²) < 4.78 is 4.92. The number of hydrogen-bond acceptors (Lipinski definition) is 5. The number of thiophene rings is 1. The van der Waals surface area contributed by atoms with Crippen molar-refractivity contribution < 1.29 is 14.3 Å². The molecule has 0 unspecified atom stereocenters. The number of carbonyl (C=O) groups excluding carboxylic acids is 2. The Kier molecular flexibility index (Phi) is 5.69. The van der Waals surface area contributed by atoms with Crippen molar-refractivity contribution in [2.24, 2.45) is 0 Å². The Morgan fingerprint density at radius 2 is 2.09 bits per heavy atom. The summed E-state index contributed by atoms with van der Waals surface area (Å²) in [7, 11) is 0. The largest absolute Gasteiger partial charge is 0.456 e. The molecule has 2 aromatic rings. The first-order chi connectivity index (χ1) is 10.7. The average molecular weight is 314 g/mol. The second-order valence-electron chi connectivity index (χ2n) is 4.50. The number of benzene rings is 1. The monoisotopic (exact) mass is 314 g/mol. The number of ether oxygens (including phenoxy) is 1. The first-order valence-electron chi connectivity index (χ1n) is 6.64. The molecular weight excluding hydrogens is 300 g/mol. The molecule has 1 N–H and O–H groups in total. The van der Waals surface area contributed by atoms with Crippen LogP contribution in [-0.4, -0.2) is 18.5 Å². The number of carbonyl (C=O) groups is 2. The highest BCUT2D eigenvalue weighted by Crippen LogP contribution is 2.13. The van der Waals surface area contributed by atoms with Gasteiger partial charge in [0.25, 0.3) is 5.91 Å². The van der Waals surface area contributed by atoms with Crippen LogP contribution in [0, 0.1) is 11.3 Å². The van der Waals surface area contributed by atoms with E-state index in [0.29, 0.717) is 17.7 Å². The van der Waals surface area contributed by atoms with E-state index >= 15 is 0 Å². The quantitative estimate of drug-likeness (QED) is 0.831. The topological polar surface area (TPSA) is 79.2 Å². The number of amides is 1. The first kappa shape index (κ1) is 15.7. The van der Waals surface area contributed by atoms with Gasteiger partial charge in [-0.05, 0) is 40.9 Å². The first-order valence-corrected chi connectivity index (χ1v) is 7.59. The van der Waals surface area contributed by atoms with Gasteiger partial charge in [0.1, 0.15) is 6.07 Å². The number of nitrogens with zero attached hydrogens (tertiary/aromatic N) is 1. The van der Waals surface area contributed by atoms with Gasteiger partial charge in [0.05, 0.1) is 11.3 Å².